The number of para-hydroxylation sites is 1. The molecule has 0 aliphatic carbocycles. The maximum Gasteiger partial charge on any atom is 0.573 e. The lowest BCUT2D eigenvalue weighted by Gasteiger charge is -2.10. The van der Waals surface area contributed by atoms with E-state index >= 15 is 0 Å². The van der Waals surface area contributed by atoms with Crippen LogP contribution in [0.1, 0.15) is 12.0 Å². The van der Waals surface area contributed by atoms with Crippen LogP contribution in [-0.4, -0.2) is 18.1 Å². The smallest absolute Gasteiger partial charge is 0.405 e. The highest BCUT2D eigenvalue weighted by Gasteiger charge is 2.31. The van der Waals surface area contributed by atoms with Gasteiger partial charge in [-0.25, -0.2) is 0 Å². The fourth-order valence-corrected chi connectivity index (χ4v) is 1.12. The van der Waals surface area contributed by atoms with Crippen molar-refractivity contribution in [3.63, 3.8) is 0 Å². The van der Waals surface area contributed by atoms with Gasteiger partial charge in [-0.3, -0.25) is 0 Å². The molecule has 2 nitrogen and oxygen atoms in total. The van der Waals surface area contributed by atoms with E-state index in [0.29, 0.717) is 12.0 Å². The number of hydrogen-bond donors (Lipinski definition) is 1. The van der Waals surface area contributed by atoms with Gasteiger partial charge >= 0.3 is 6.36 Å². The number of rotatable bonds is 4. The van der Waals surface area contributed by atoms with Crippen LogP contribution in [0.15, 0.2) is 30.3 Å². The van der Waals surface area contributed by atoms with E-state index in [1.54, 1.807) is 12.1 Å². The van der Waals surface area contributed by atoms with Crippen molar-refractivity contribution in [3.05, 3.63) is 35.9 Å². The Morgan fingerprint density at radius 3 is 2.56 bits per heavy atom. The van der Waals surface area contributed by atoms with Gasteiger partial charge in [0.15, 0.2) is 0 Å². The van der Waals surface area contributed by atoms with E-state index in [2.05, 4.69) is 4.74 Å². The van der Waals surface area contributed by atoms with Crippen molar-refractivity contribution in [2.45, 2.75) is 12.8 Å². The lowest BCUT2D eigenvalue weighted by Crippen LogP contribution is -2.17. The van der Waals surface area contributed by atoms with Crippen molar-refractivity contribution in [2.24, 2.45) is 0 Å². The number of halogens is 3. The second-order valence-corrected chi connectivity index (χ2v) is 3.00. The summed E-state index contributed by atoms with van der Waals surface area (Å²) in [5.74, 6) is -0.246. The molecule has 1 rings (SSSR count). The van der Waals surface area contributed by atoms with E-state index in [-0.39, 0.29) is 12.4 Å². The lowest BCUT2D eigenvalue weighted by atomic mass is 10.2. The van der Waals surface area contributed by atoms with Crippen molar-refractivity contribution in [1.29, 1.82) is 0 Å². The predicted octanol–water partition coefficient (Wildman–Crippen LogP) is 2.98. The minimum absolute atomic E-state index is 0.0429. The largest absolute Gasteiger partial charge is 0.573 e. The Labute approximate surface area is 91.0 Å². The van der Waals surface area contributed by atoms with Crippen molar-refractivity contribution in [1.82, 2.24) is 0 Å². The van der Waals surface area contributed by atoms with E-state index in [0.717, 1.165) is 0 Å². The summed E-state index contributed by atoms with van der Waals surface area (Å²) in [5.41, 5.74) is 0.327. The number of alkyl halides is 3. The number of hydrogen-bond acceptors (Lipinski definition) is 2. The van der Waals surface area contributed by atoms with Gasteiger partial charge in [0.25, 0.3) is 0 Å². The normalized spacial score (nSPS) is 12.0. The van der Waals surface area contributed by atoms with Gasteiger partial charge in [0.1, 0.15) is 5.75 Å². The monoisotopic (exact) mass is 232 g/mol. The molecule has 0 fully saturated rings. The van der Waals surface area contributed by atoms with Crippen LogP contribution in [0.5, 0.6) is 5.75 Å². The van der Waals surface area contributed by atoms with Crippen LogP contribution in [0.2, 0.25) is 0 Å². The van der Waals surface area contributed by atoms with Crippen LogP contribution in [0.25, 0.3) is 6.08 Å². The lowest BCUT2D eigenvalue weighted by molar-refractivity contribution is -0.274. The Kier molecular flexibility index (Phi) is 4.37. The topological polar surface area (TPSA) is 29.5 Å². The molecular weight excluding hydrogens is 221 g/mol. The molecule has 16 heavy (non-hydrogen) atoms. The van der Waals surface area contributed by atoms with Gasteiger partial charge in [-0.1, -0.05) is 30.4 Å². The molecule has 0 saturated heterocycles. The maximum absolute atomic E-state index is 12.0. The first kappa shape index (κ1) is 12.6. The van der Waals surface area contributed by atoms with Crippen molar-refractivity contribution >= 4 is 6.08 Å². The van der Waals surface area contributed by atoms with Crippen LogP contribution in [-0.2, 0) is 0 Å². The fourth-order valence-electron chi connectivity index (χ4n) is 1.12. The highest BCUT2D eigenvalue weighted by molar-refractivity contribution is 5.57. The molecule has 0 amide bonds. The zero-order valence-corrected chi connectivity index (χ0v) is 8.37. The summed E-state index contributed by atoms with van der Waals surface area (Å²) in [6.07, 6.45) is -1.24. The third kappa shape index (κ3) is 4.35. The molecule has 0 saturated carbocycles. The average Bonchev–Trinajstić information content (AvgIpc) is 2.19. The van der Waals surface area contributed by atoms with Gasteiger partial charge in [0.2, 0.25) is 0 Å². The zero-order valence-electron chi connectivity index (χ0n) is 8.37. The molecule has 0 aliphatic heterocycles. The molecular formula is C11H11F3O2. The fraction of sp³-hybridized carbons (Fsp3) is 0.273. The molecule has 0 atom stereocenters. The van der Waals surface area contributed by atoms with Crippen LogP contribution in [0, 0.1) is 0 Å². The summed E-state index contributed by atoms with van der Waals surface area (Å²) in [4.78, 5) is 0. The Morgan fingerprint density at radius 2 is 1.94 bits per heavy atom. The Balaban J connectivity index is 2.83. The molecule has 0 bridgehead atoms. The summed E-state index contributed by atoms with van der Waals surface area (Å²) in [7, 11) is 0. The molecule has 0 aliphatic rings. The van der Waals surface area contributed by atoms with Gasteiger partial charge in [-0.15, -0.1) is 13.2 Å². The Morgan fingerprint density at radius 1 is 1.25 bits per heavy atom. The van der Waals surface area contributed by atoms with E-state index in [4.69, 9.17) is 5.11 Å². The summed E-state index contributed by atoms with van der Waals surface area (Å²) in [6, 6.07) is 5.83. The molecule has 0 unspecified atom stereocenters. The number of benzene rings is 1. The molecule has 1 aromatic carbocycles. The van der Waals surface area contributed by atoms with E-state index in [1.807, 2.05) is 0 Å². The highest BCUT2D eigenvalue weighted by atomic mass is 19.4. The van der Waals surface area contributed by atoms with Crippen LogP contribution >= 0.6 is 0 Å². The second-order valence-electron chi connectivity index (χ2n) is 3.00. The SMILES string of the molecule is OCCC=Cc1ccccc1OC(F)(F)F. The van der Waals surface area contributed by atoms with E-state index in [1.165, 1.54) is 24.3 Å². The van der Waals surface area contributed by atoms with Gasteiger partial charge in [-0.05, 0) is 12.5 Å². The number of aliphatic hydroxyl groups is 1. The number of aliphatic hydroxyl groups excluding tert-OH is 1. The molecule has 1 N–H and O–H groups in total. The minimum Gasteiger partial charge on any atom is -0.405 e. The molecule has 1 aromatic rings. The van der Waals surface area contributed by atoms with E-state index in [9.17, 15) is 13.2 Å². The van der Waals surface area contributed by atoms with Gasteiger partial charge in [0.05, 0.1) is 0 Å². The highest BCUT2D eigenvalue weighted by Crippen LogP contribution is 2.26. The maximum atomic E-state index is 12.0. The van der Waals surface area contributed by atoms with Crippen molar-refractivity contribution < 1.29 is 23.0 Å². The Hall–Kier alpha value is -1.49. The van der Waals surface area contributed by atoms with Crippen molar-refractivity contribution in [3.8, 4) is 5.75 Å². The molecule has 0 heterocycles. The first-order valence-corrected chi connectivity index (χ1v) is 4.65. The molecule has 0 radical (unpaired) electrons. The van der Waals surface area contributed by atoms with Gasteiger partial charge in [0, 0.05) is 12.2 Å². The van der Waals surface area contributed by atoms with Crippen LogP contribution in [0.4, 0.5) is 13.2 Å². The van der Waals surface area contributed by atoms with Crippen LogP contribution in [0.3, 0.4) is 0 Å². The molecule has 5 heteroatoms. The van der Waals surface area contributed by atoms with Crippen LogP contribution < -0.4 is 4.74 Å². The third-order valence-electron chi connectivity index (χ3n) is 1.74. The summed E-state index contributed by atoms with van der Waals surface area (Å²) >= 11 is 0. The summed E-state index contributed by atoms with van der Waals surface area (Å²) < 4.78 is 39.9. The average molecular weight is 232 g/mol. The predicted molar refractivity (Wildman–Crippen MR) is 53.9 cm³/mol. The molecule has 88 valence electrons. The quantitative estimate of drug-likeness (QED) is 0.864. The van der Waals surface area contributed by atoms with Gasteiger partial charge in [-0.2, -0.15) is 0 Å². The first-order chi connectivity index (χ1) is 7.53. The molecule has 0 aromatic heterocycles. The molecule has 0 spiro atoms. The van der Waals surface area contributed by atoms with E-state index < -0.39 is 6.36 Å². The zero-order chi connectivity index (χ0) is 12.0. The first-order valence-electron chi connectivity index (χ1n) is 4.65. The summed E-state index contributed by atoms with van der Waals surface area (Å²) in [5, 5.41) is 8.54. The van der Waals surface area contributed by atoms with Crippen molar-refractivity contribution in [2.75, 3.05) is 6.61 Å². The Bertz CT molecular complexity index is 358. The summed E-state index contributed by atoms with van der Waals surface area (Å²) in [6.45, 7) is -0.0429. The third-order valence-corrected chi connectivity index (χ3v) is 1.74. The minimum atomic E-state index is -4.69. The number of ether oxygens (including phenoxy) is 1. The second kappa shape index (κ2) is 5.55. The van der Waals surface area contributed by atoms with Gasteiger partial charge < -0.3 is 9.84 Å². The standard InChI is InChI=1S/C11H11F3O2/c12-11(13,14)16-10-7-2-1-5-9(10)6-3-4-8-15/h1-3,5-7,15H,4,8H2.